The quantitative estimate of drug-likeness (QED) is 0.0140. The molecule has 352 valence electrons. The lowest BCUT2D eigenvalue weighted by molar-refractivity contribution is -0.137. The molecule has 0 aliphatic carbocycles. The number of carbonyl (C=O) groups is 5. The van der Waals surface area contributed by atoms with Crippen molar-refractivity contribution in [2.24, 2.45) is 31.9 Å². The van der Waals surface area contributed by atoms with Gasteiger partial charge in [0.2, 0.25) is 11.8 Å². The normalized spacial score (nSPS) is 11.0. The van der Waals surface area contributed by atoms with Gasteiger partial charge in [0.15, 0.2) is 0 Å². The van der Waals surface area contributed by atoms with Gasteiger partial charge in [-0.25, -0.2) is 14.4 Å². The SMILES string of the molecule is C=CC(=O)OCCCCCCOc1ccc(C(=O)Oc2ccc(/N=N\c3ccc(-c4ccc(N=Nc5ccc(OC(=O)c6ccc(O)cc6)c(CO)c5)cc4C(N)=O)c(C(N)=O)c3)cc2CO)cc1. The molecule has 2 amide bonds. The van der Waals surface area contributed by atoms with E-state index in [4.69, 9.17) is 30.4 Å². The Morgan fingerprint density at radius 1 is 0.536 bits per heavy atom. The minimum Gasteiger partial charge on any atom is -0.508 e. The number of carbonyl (C=O) groups excluding carboxylic acids is 5. The molecule has 18 nitrogen and oxygen atoms in total. The summed E-state index contributed by atoms with van der Waals surface area (Å²) < 4.78 is 21.7. The van der Waals surface area contributed by atoms with Gasteiger partial charge in [0, 0.05) is 28.3 Å². The van der Waals surface area contributed by atoms with Crippen molar-refractivity contribution in [1.29, 1.82) is 0 Å². The third kappa shape index (κ3) is 13.8. The summed E-state index contributed by atoms with van der Waals surface area (Å²) in [4.78, 5) is 62.1. The number of benzene rings is 6. The van der Waals surface area contributed by atoms with Crippen molar-refractivity contribution in [3.8, 4) is 34.1 Å². The van der Waals surface area contributed by atoms with Crippen LogP contribution in [0.3, 0.4) is 0 Å². The molecular weight excluding hydrogens is 889 g/mol. The number of unbranched alkanes of at least 4 members (excludes halogenated alkanes) is 3. The number of hydrogen-bond donors (Lipinski definition) is 5. The van der Waals surface area contributed by atoms with E-state index in [1.807, 2.05) is 0 Å². The number of hydrogen-bond acceptors (Lipinski definition) is 16. The van der Waals surface area contributed by atoms with E-state index >= 15 is 0 Å². The first kappa shape index (κ1) is 49.6. The summed E-state index contributed by atoms with van der Waals surface area (Å²) in [6.07, 6.45) is 4.46. The highest BCUT2D eigenvalue weighted by molar-refractivity contribution is 6.06. The molecule has 0 aromatic heterocycles. The van der Waals surface area contributed by atoms with E-state index in [9.17, 15) is 39.3 Å². The highest BCUT2D eigenvalue weighted by Gasteiger charge is 2.19. The van der Waals surface area contributed by atoms with Crippen LogP contribution in [-0.2, 0) is 22.7 Å². The molecule has 0 aliphatic rings. The number of phenols is 1. The van der Waals surface area contributed by atoms with Crippen LogP contribution in [0.15, 0.2) is 154 Å². The minimum absolute atomic E-state index is 0.000742. The van der Waals surface area contributed by atoms with Gasteiger partial charge < -0.3 is 45.7 Å². The molecule has 7 N–H and O–H groups in total. The molecule has 6 rings (SSSR count). The largest absolute Gasteiger partial charge is 0.508 e. The predicted molar refractivity (Wildman–Crippen MR) is 252 cm³/mol. The van der Waals surface area contributed by atoms with Crippen LogP contribution in [0.4, 0.5) is 22.7 Å². The summed E-state index contributed by atoms with van der Waals surface area (Å²) in [6, 6.07) is 29.7. The molecule has 0 radical (unpaired) electrons. The second-order valence-corrected chi connectivity index (χ2v) is 15.0. The maximum absolute atomic E-state index is 13.0. The van der Waals surface area contributed by atoms with Crippen molar-refractivity contribution in [3.05, 3.63) is 167 Å². The highest BCUT2D eigenvalue weighted by atomic mass is 16.5. The molecule has 0 saturated carbocycles. The van der Waals surface area contributed by atoms with E-state index in [2.05, 4.69) is 27.0 Å². The number of aliphatic hydroxyl groups excluding tert-OH is 2. The van der Waals surface area contributed by atoms with Gasteiger partial charge in [0.1, 0.15) is 23.0 Å². The van der Waals surface area contributed by atoms with Crippen LogP contribution in [0.5, 0.6) is 23.0 Å². The molecule has 0 bridgehead atoms. The maximum atomic E-state index is 13.0. The van der Waals surface area contributed by atoms with Crippen molar-refractivity contribution in [1.82, 2.24) is 0 Å². The summed E-state index contributed by atoms with van der Waals surface area (Å²) >= 11 is 0. The van der Waals surface area contributed by atoms with Gasteiger partial charge in [-0.2, -0.15) is 20.5 Å². The molecular formula is C51H46N6O12. The first-order valence-corrected chi connectivity index (χ1v) is 21.3. The third-order valence-corrected chi connectivity index (χ3v) is 10.1. The molecule has 0 heterocycles. The van der Waals surface area contributed by atoms with Gasteiger partial charge in [-0.05, 0) is 146 Å². The van der Waals surface area contributed by atoms with E-state index in [0.29, 0.717) is 24.7 Å². The van der Waals surface area contributed by atoms with Crippen molar-refractivity contribution in [3.63, 3.8) is 0 Å². The third-order valence-electron chi connectivity index (χ3n) is 10.1. The van der Waals surface area contributed by atoms with Gasteiger partial charge in [-0.1, -0.05) is 18.7 Å². The molecule has 0 spiro atoms. The van der Waals surface area contributed by atoms with Crippen molar-refractivity contribution < 1.29 is 58.2 Å². The molecule has 69 heavy (non-hydrogen) atoms. The zero-order valence-electron chi connectivity index (χ0n) is 36.9. The summed E-state index contributed by atoms with van der Waals surface area (Å²) in [5, 5.41) is 46.4. The molecule has 18 heteroatoms. The monoisotopic (exact) mass is 934 g/mol. The fourth-order valence-corrected chi connectivity index (χ4v) is 6.58. The maximum Gasteiger partial charge on any atom is 0.343 e. The Kier molecular flexibility index (Phi) is 17.3. The minimum atomic E-state index is -0.831. The Labute approximate surface area is 395 Å². The molecule has 0 saturated heterocycles. The van der Waals surface area contributed by atoms with Gasteiger partial charge in [-0.15, -0.1) is 0 Å². The number of phenolic OH excluding ortho intramolecular Hbond substituents is 1. The molecule has 6 aromatic rings. The first-order valence-electron chi connectivity index (χ1n) is 21.3. The topological polar surface area (TPSA) is 284 Å². The van der Waals surface area contributed by atoms with Crippen LogP contribution < -0.4 is 25.7 Å². The number of esters is 3. The Balaban J connectivity index is 1.08. The van der Waals surface area contributed by atoms with Crippen LogP contribution >= 0.6 is 0 Å². The molecule has 0 aliphatic heterocycles. The Bertz CT molecular complexity index is 2920. The second-order valence-electron chi connectivity index (χ2n) is 15.0. The lowest BCUT2D eigenvalue weighted by Crippen LogP contribution is -2.15. The van der Waals surface area contributed by atoms with Crippen molar-refractivity contribution in [2.45, 2.75) is 38.9 Å². The fourth-order valence-electron chi connectivity index (χ4n) is 6.58. The summed E-state index contributed by atoms with van der Waals surface area (Å²) in [6.45, 7) is 3.21. The van der Waals surface area contributed by atoms with E-state index < -0.39 is 42.9 Å². The van der Waals surface area contributed by atoms with Crippen LogP contribution in [0, 0.1) is 0 Å². The van der Waals surface area contributed by atoms with Gasteiger partial charge in [0.05, 0.1) is 60.3 Å². The number of ether oxygens (including phenoxy) is 4. The Morgan fingerprint density at radius 2 is 0.957 bits per heavy atom. The first-order chi connectivity index (χ1) is 33.3. The van der Waals surface area contributed by atoms with E-state index in [0.717, 1.165) is 31.8 Å². The van der Waals surface area contributed by atoms with Crippen LogP contribution in [0.25, 0.3) is 11.1 Å². The number of primary amides is 2. The highest BCUT2D eigenvalue weighted by Crippen LogP contribution is 2.35. The number of nitrogens with two attached hydrogens (primary N) is 2. The predicted octanol–water partition coefficient (Wildman–Crippen LogP) is 9.18. The lowest BCUT2D eigenvalue weighted by Gasteiger charge is -2.12. The second kappa shape index (κ2) is 24.1. The smallest absolute Gasteiger partial charge is 0.343 e. The Hall–Kier alpha value is -8.87. The molecule has 0 fully saturated rings. The van der Waals surface area contributed by atoms with Crippen LogP contribution in [-0.4, -0.2) is 58.3 Å². The average Bonchev–Trinajstić information content (AvgIpc) is 3.36. The zero-order chi connectivity index (χ0) is 49.3. The van der Waals surface area contributed by atoms with Gasteiger partial charge >= 0.3 is 17.9 Å². The van der Waals surface area contributed by atoms with Gasteiger partial charge in [0.25, 0.3) is 0 Å². The molecule has 6 aromatic carbocycles. The number of rotatable bonds is 22. The number of azo groups is 2. The van der Waals surface area contributed by atoms with Crippen molar-refractivity contribution in [2.75, 3.05) is 13.2 Å². The average molecular weight is 935 g/mol. The van der Waals surface area contributed by atoms with E-state index in [-0.39, 0.29) is 78.8 Å². The van der Waals surface area contributed by atoms with Crippen LogP contribution in [0.1, 0.15) is 78.2 Å². The number of amides is 2. The van der Waals surface area contributed by atoms with Gasteiger partial charge in [-0.3, -0.25) is 9.59 Å². The number of aliphatic hydroxyl groups is 2. The fraction of sp³-hybridized carbons (Fsp3) is 0.157. The Morgan fingerprint density at radius 3 is 1.39 bits per heavy atom. The number of nitrogens with zero attached hydrogens (tertiary/aromatic N) is 4. The standard InChI is InChI=1S/C51H46N6O12/c1-2-47(61)67-24-6-4-3-5-23-66-40-17-9-32(10-18-40)51(65)69-46-22-14-36(26-34(46)30-59)55-57-38-12-20-42(44(28-38)49(53)63)41-19-11-37(27-43(41)48(52)62)56-54-35-13-21-45(33(25-35)29-58)68-50(64)31-7-15-39(60)16-8-31/h2,7-22,25-28,58-60H,1,3-6,23-24,29-30H2,(H2,52,62)(H2,53,63)/b56-54?,57-55-. The van der Waals surface area contributed by atoms with Crippen LogP contribution in [0.2, 0.25) is 0 Å². The summed E-state index contributed by atoms with van der Waals surface area (Å²) in [5.41, 5.74) is 14.1. The van der Waals surface area contributed by atoms with E-state index in [1.165, 1.54) is 91.0 Å². The molecule has 0 unspecified atom stereocenters. The van der Waals surface area contributed by atoms with E-state index in [1.54, 1.807) is 30.3 Å². The summed E-state index contributed by atoms with van der Waals surface area (Å²) in [7, 11) is 0. The molecule has 0 atom stereocenters. The van der Waals surface area contributed by atoms with Crippen molar-refractivity contribution >= 4 is 52.5 Å². The number of aromatic hydroxyl groups is 1. The summed E-state index contributed by atoms with van der Waals surface area (Å²) in [5.74, 6) is -2.69. The lowest BCUT2D eigenvalue weighted by atomic mass is 9.94. The zero-order valence-corrected chi connectivity index (χ0v) is 36.9.